The molecule has 0 aromatic carbocycles. The van der Waals surface area contributed by atoms with Gasteiger partial charge in [0.25, 0.3) is 0 Å². The molecule has 2 rings (SSSR count). The van der Waals surface area contributed by atoms with Crippen molar-refractivity contribution in [1.29, 1.82) is 0 Å². The maximum Gasteiger partial charge on any atom is 0.177 e. The Labute approximate surface area is 99.8 Å². The molecule has 2 fully saturated rings. The van der Waals surface area contributed by atoms with Crippen LogP contribution in [0, 0.1) is 17.8 Å². The minimum Gasteiger partial charge on any atom is -0.466 e. The summed E-state index contributed by atoms with van der Waals surface area (Å²) >= 11 is 0. The zero-order valence-electron chi connectivity index (χ0n) is 10.1. The molecule has 0 unspecified atom stereocenters. The lowest BCUT2D eigenvalue weighted by Gasteiger charge is -2.28. The fourth-order valence-electron chi connectivity index (χ4n) is 3.75. The van der Waals surface area contributed by atoms with Crippen LogP contribution in [0.25, 0.3) is 0 Å². The second-order valence-electron chi connectivity index (χ2n) is 5.39. The molecule has 0 aromatic heterocycles. The molecule has 1 radical (unpaired) electrons. The van der Waals surface area contributed by atoms with E-state index in [1.54, 1.807) is 0 Å². The predicted molar refractivity (Wildman–Crippen MR) is 70.4 cm³/mol. The van der Waals surface area contributed by atoms with Crippen LogP contribution in [0.2, 0.25) is 6.04 Å². The molecule has 0 aromatic rings. The predicted octanol–water partition coefficient (Wildman–Crippen LogP) is 2.05. The molecule has 0 aliphatic heterocycles. The fraction of sp³-hybridized carbons (Fsp3) is 1.00. The molecule has 0 atom stereocenters. The molecule has 0 spiro atoms. The molecule has 0 amide bonds. The zero-order valence-corrected chi connectivity index (χ0v) is 13.2. The average Bonchev–Trinajstić information content (AvgIpc) is 2.90. The highest BCUT2D eigenvalue weighted by molar-refractivity contribution is 6.34. The van der Waals surface area contributed by atoms with Crippen molar-refractivity contribution in [2.75, 3.05) is 0 Å². The normalized spacial score (nSPS) is 24.6. The smallest absolute Gasteiger partial charge is 0.177 e. The molecule has 2 aliphatic carbocycles. The van der Waals surface area contributed by atoms with E-state index in [1.807, 2.05) is 0 Å². The molecule has 0 bridgehead atoms. The maximum atomic E-state index is 5.51. The van der Waals surface area contributed by atoms with Crippen LogP contribution in [0.1, 0.15) is 51.4 Å². The number of hydrogen-bond donors (Lipinski definition) is 0. The van der Waals surface area contributed by atoms with Crippen molar-refractivity contribution in [2.45, 2.75) is 57.4 Å². The standard InChI is InChI=1S/C12H25OSi2/c14-13-15-9-12(10-5-1-2-6-10)11-7-3-4-8-11/h10-12,15H,1-9H2,14H3. The third-order valence-corrected chi connectivity index (χ3v) is 6.62. The second kappa shape index (κ2) is 6.21. The van der Waals surface area contributed by atoms with Gasteiger partial charge in [-0.05, 0) is 23.8 Å². The van der Waals surface area contributed by atoms with Crippen LogP contribution >= 0.6 is 0 Å². The third-order valence-electron chi connectivity index (χ3n) is 4.55. The lowest BCUT2D eigenvalue weighted by molar-refractivity contribution is 0.250. The van der Waals surface area contributed by atoms with E-state index in [0.717, 1.165) is 28.2 Å². The molecule has 2 aliphatic rings. The summed E-state index contributed by atoms with van der Waals surface area (Å²) in [5.41, 5.74) is 0. The van der Waals surface area contributed by atoms with Gasteiger partial charge in [-0.25, -0.2) is 0 Å². The Bertz CT molecular complexity index is 158. The summed E-state index contributed by atoms with van der Waals surface area (Å²) in [6.07, 6.45) is 12.1. The van der Waals surface area contributed by atoms with E-state index in [9.17, 15) is 0 Å². The summed E-state index contributed by atoms with van der Waals surface area (Å²) in [4.78, 5) is 0. The van der Waals surface area contributed by atoms with Crippen molar-refractivity contribution in [1.82, 2.24) is 0 Å². The summed E-state index contributed by atoms with van der Waals surface area (Å²) in [6.45, 7) is 0. The van der Waals surface area contributed by atoms with Crippen molar-refractivity contribution >= 4 is 20.2 Å². The molecule has 0 heterocycles. The van der Waals surface area contributed by atoms with Crippen LogP contribution in [-0.4, -0.2) is 20.2 Å². The van der Waals surface area contributed by atoms with Crippen LogP contribution < -0.4 is 0 Å². The summed E-state index contributed by atoms with van der Waals surface area (Å²) < 4.78 is 5.51. The first kappa shape index (κ1) is 11.9. The molecule has 1 nitrogen and oxygen atoms in total. The Morgan fingerprint density at radius 3 is 1.87 bits per heavy atom. The monoisotopic (exact) mass is 241 g/mol. The van der Waals surface area contributed by atoms with Crippen molar-refractivity contribution < 1.29 is 4.12 Å². The van der Waals surface area contributed by atoms with Crippen LogP contribution in [0.5, 0.6) is 0 Å². The highest BCUT2D eigenvalue weighted by atomic mass is 28.3. The lowest BCUT2D eigenvalue weighted by atomic mass is 9.81. The van der Waals surface area contributed by atoms with Gasteiger partial charge in [-0.2, -0.15) is 0 Å². The van der Waals surface area contributed by atoms with Gasteiger partial charge in [0, 0.05) is 0 Å². The molecule has 15 heavy (non-hydrogen) atoms. The highest BCUT2D eigenvalue weighted by Crippen LogP contribution is 2.43. The molecule has 87 valence electrons. The molecule has 0 saturated heterocycles. The van der Waals surface area contributed by atoms with Crippen LogP contribution in [0.3, 0.4) is 0 Å². The molecule has 2 saturated carbocycles. The van der Waals surface area contributed by atoms with E-state index >= 15 is 0 Å². The zero-order chi connectivity index (χ0) is 10.5. The van der Waals surface area contributed by atoms with Gasteiger partial charge in [0.2, 0.25) is 0 Å². The van der Waals surface area contributed by atoms with Gasteiger partial charge >= 0.3 is 0 Å². The molecule has 0 N–H and O–H groups in total. The van der Waals surface area contributed by atoms with Crippen LogP contribution in [0.15, 0.2) is 0 Å². The van der Waals surface area contributed by atoms with Crippen molar-refractivity contribution in [2.24, 2.45) is 17.8 Å². The Morgan fingerprint density at radius 2 is 1.47 bits per heavy atom. The van der Waals surface area contributed by atoms with Crippen molar-refractivity contribution in [3.63, 3.8) is 0 Å². The van der Waals surface area contributed by atoms with Gasteiger partial charge in [-0.1, -0.05) is 51.4 Å². The summed E-state index contributed by atoms with van der Waals surface area (Å²) in [5, 5.41) is 0. The Hall–Kier alpha value is 0.394. The SMILES string of the molecule is [SiH3]O[SiH]CC(C1CCCC1)C1CCCC1. The first-order chi connectivity index (χ1) is 7.42. The molecule has 3 heteroatoms. The van der Waals surface area contributed by atoms with E-state index in [1.165, 1.54) is 57.4 Å². The van der Waals surface area contributed by atoms with Gasteiger partial charge in [0.15, 0.2) is 9.76 Å². The quantitative estimate of drug-likeness (QED) is 0.670. The van der Waals surface area contributed by atoms with Crippen LogP contribution in [-0.2, 0) is 4.12 Å². The van der Waals surface area contributed by atoms with Crippen LogP contribution in [0.4, 0.5) is 0 Å². The second-order valence-corrected chi connectivity index (χ2v) is 8.08. The van der Waals surface area contributed by atoms with E-state index < -0.39 is 0 Å². The summed E-state index contributed by atoms with van der Waals surface area (Å²) in [5.74, 6) is 3.22. The minimum atomic E-state index is 0.339. The summed E-state index contributed by atoms with van der Waals surface area (Å²) in [7, 11) is 1.30. The number of rotatable bonds is 5. The highest BCUT2D eigenvalue weighted by Gasteiger charge is 2.32. The topological polar surface area (TPSA) is 9.23 Å². The Morgan fingerprint density at radius 1 is 1.00 bits per heavy atom. The van der Waals surface area contributed by atoms with Crippen molar-refractivity contribution in [3.05, 3.63) is 0 Å². The largest absolute Gasteiger partial charge is 0.466 e. The van der Waals surface area contributed by atoms with Gasteiger partial charge in [-0.15, -0.1) is 0 Å². The van der Waals surface area contributed by atoms with Gasteiger partial charge in [0.1, 0.15) is 10.5 Å². The maximum absolute atomic E-state index is 5.51. The average molecular weight is 242 g/mol. The first-order valence-corrected chi connectivity index (χ1v) is 8.86. The van der Waals surface area contributed by atoms with Gasteiger partial charge in [-0.3, -0.25) is 0 Å². The van der Waals surface area contributed by atoms with Gasteiger partial charge in [0.05, 0.1) is 0 Å². The molecular formula is C12H25OSi2. The van der Waals surface area contributed by atoms with Crippen molar-refractivity contribution in [3.8, 4) is 0 Å². The number of hydrogen-bond acceptors (Lipinski definition) is 1. The molecular weight excluding hydrogens is 216 g/mol. The van der Waals surface area contributed by atoms with E-state index in [4.69, 9.17) is 4.12 Å². The Balaban J connectivity index is 1.88. The Kier molecular flexibility index (Phi) is 4.91. The first-order valence-electron chi connectivity index (χ1n) is 6.76. The van der Waals surface area contributed by atoms with E-state index in [2.05, 4.69) is 0 Å². The van der Waals surface area contributed by atoms with E-state index in [-0.39, 0.29) is 0 Å². The van der Waals surface area contributed by atoms with E-state index in [0.29, 0.717) is 9.76 Å². The fourth-order valence-corrected chi connectivity index (χ4v) is 5.51. The lowest BCUT2D eigenvalue weighted by Crippen LogP contribution is -2.22. The summed E-state index contributed by atoms with van der Waals surface area (Å²) in [6, 6.07) is 1.44. The van der Waals surface area contributed by atoms with Gasteiger partial charge < -0.3 is 4.12 Å². The minimum absolute atomic E-state index is 0.339. The third kappa shape index (κ3) is 3.17.